The van der Waals surface area contributed by atoms with Crippen molar-refractivity contribution in [3.8, 4) is 0 Å². The molecule has 28 heavy (non-hydrogen) atoms. The number of non-ortho nitro benzene ring substituents is 1. The zero-order chi connectivity index (χ0) is 20.8. The Labute approximate surface area is 161 Å². The number of ketones is 1. The van der Waals surface area contributed by atoms with Crippen molar-refractivity contribution in [1.82, 2.24) is 0 Å². The highest BCUT2D eigenvalue weighted by Gasteiger charge is 2.21. The number of carbonyl (C=O) groups excluding carboxylic acids is 1. The lowest BCUT2D eigenvalue weighted by Gasteiger charge is -2.05. The molecule has 0 spiro atoms. The molecule has 0 saturated heterocycles. The maximum Gasteiger partial charge on any atom is 0.352 e. The van der Waals surface area contributed by atoms with Crippen LogP contribution in [0.15, 0.2) is 47.6 Å². The number of Topliss-reactive ketones (excluding diaryl/α,β-unsaturated/α-hetero) is 1. The van der Waals surface area contributed by atoms with Crippen LogP contribution in [0.3, 0.4) is 0 Å². The summed E-state index contributed by atoms with van der Waals surface area (Å²) in [7, 11) is 0. The average molecular weight is 407 g/mol. The van der Waals surface area contributed by atoms with Crippen molar-refractivity contribution in [1.29, 1.82) is 0 Å². The van der Waals surface area contributed by atoms with Gasteiger partial charge in [-0.2, -0.15) is 5.10 Å². The molecule has 144 valence electrons. The SMILES string of the molecule is O=C(O)C(CC(=O)c1ccc(Cl)cc1)=NNc1ccc([N+](=O)[O-])cc1[N+](=O)[O-]. The van der Waals surface area contributed by atoms with Gasteiger partial charge in [-0.3, -0.25) is 30.4 Å². The lowest BCUT2D eigenvalue weighted by atomic mass is 10.1. The van der Waals surface area contributed by atoms with E-state index in [1.54, 1.807) is 0 Å². The molecule has 0 aromatic heterocycles. The molecule has 2 N–H and O–H groups in total. The van der Waals surface area contributed by atoms with E-state index in [-0.39, 0.29) is 11.3 Å². The predicted octanol–water partition coefficient (Wildman–Crippen LogP) is 3.28. The number of nitro groups is 2. The minimum Gasteiger partial charge on any atom is -0.477 e. The van der Waals surface area contributed by atoms with Crippen molar-refractivity contribution >= 4 is 46.1 Å². The van der Waals surface area contributed by atoms with Crippen LogP contribution in [0.1, 0.15) is 16.8 Å². The number of carboxylic acids is 1. The van der Waals surface area contributed by atoms with Crippen LogP contribution in [0, 0.1) is 20.2 Å². The van der Waals surface area contributed by atoms with Crippen molar-refractivity contribution < 1.29 is 24.5 Å². The second kappa shape index (κ2) is 8.68. The number of aliphatic carboxylic acids is 1. The molecule has 2 rings (SSSR count). The Kier molecular flexibility index (Phi) is 6.34. The van der Waals surface area contributed by atoms with Crippen LogP contribution in [0.5, 0.6) is 0 Å². The number of carboxylic acid groups (broad SMARTS) is 1. The maximum absolute atomic E-state index is 12.2. The number of anilines is 1. The van der Waals surface area contributed by atoms with Crippen LogP contribution < -0.4 is 5.43 Å². The lowest BCUT2D eigenvalue weighted by molar-refractivity contribution is -0.393. The fourth-order valence-electron chi connectivity index (χ4n) is 2.06. The van der Waals surface area contributed by atoms with Crippen molar-refractivity contribution in [2.45, 2.75) is 6.42 Å². The number of hydrazone groups is 1. The predicted molar refractivity (Wildman–Crippen MR) is 98.8 cm³/mol. The van der Waals surface area contributed by atoms with Crippen molar-refractivity contribution in [3.63, 3.8) is 0 Å². The van der Waals surface area contributed by atoms with E-state index in [1.807, 2.05) is 0 Å². The number of hydrogen-bond acceptors (Lipinski definition) is 8. The fraction of sp³-hybridized carbons (Fsp3) is 0.0625. The first kappa shape index (κ1) is 20.5. The summed E-state index contributed by atoms with van der Waals surface area (Å²) in [6.07, 6.45) is -0.593. The molecule has 0 atom stereocenters. The van der Waals surface area contributed by atoms with Gasteiger partial charge in [-0.1, -0.05) is 11.6 Å². The third-order valence-corrected chi connectivity index (χ3v) is 3.69. The summed E-state index contributed by atoms with van der Waals surface area (Å²) in [5.41, 5.74) is 0.321. The van der Waals surface area contributed by atoms with E-state index >= 15 is 0 Å². The monoisotopic (exact) mass is 406 g/mol. The molecule has 0 fully saturated rings. The summed E-state index contributed by atoms with van der Waals surface area (Å²) in [4.78, 5) is 43.6. The zero-order valence-corrected chi connectivity index (χ0v) is 14.6. The molecular formula is C16H11ClN4O7. The first-order valence-electron chi connectivity index (χ1n) is 7.46. The molecule has 0 aliphatic rings. The van der Waals surface area contributed by atoms with E-state index in [0.717, 1.165) is 12.1 Å². The first-order chi connectivity index (χ1) is 13.2. The molecule has 2 aromatic rings. The van der Waals surface area contributed by atoms with Crippen LogP contribution in [0.2, 0.25) is 5.02 Å². The number of carbonyl (C=O) groups is 2. The van der Waals surface area contributed by atoms with Crippen LogP contribution in [-0.4, -0.2) is 32.4 Å². The minimum atomic E-state index is -1.51. The van der Waals surface area contributed by atoms with Gasteiger partial charge in [0.1, 0.15) is 5.69 Å². The van der Waals surface area contributed by atoms with Gasteiger partial charge < -0.3 is 5.11 Å². The minimum absolute atomic E-state index is 0.208. The molecule has 0 unspecified atom stereocenters. The Hall–Kier alpha value is -3.86. The summed E-state index contributed by atoms with van der Waals surface area (Å²) < 4.78 is 0. The molecule has 0 aliphatic carbocycles. The number of nitrogens with one attached hydrogen (secondary N) is 1. The molecule has 0 saturated carbocycles. The smallest absolute Gasteiger partial charge is 0.352 e. The van der Waals surface area contributed by atoms with E-state index in [4.69, 9.17) is 11.6 Å². The van der Waals surface area contributed by atoms with Gasteiger partial charge in [-0.15, -0.1) is 0 Å². The second-order valence-corrected chi connectivity index (χ2v) is 5.73. The Balaban J connectivity index is 2.26. The van der Waals surface area contributed by atoms with E-state index in [1.165, 1.54) is 24.3 Å². The first-order valence-corrected chi connectivity index (χ1v) is 7.84. The van der Waals surface area contributed by atoms with Gasteiger partial charge in [0, 0.05) is 16.7 Å². The Bertz CT molecular complexity index is 989. The number of benzene rings is 2. The summed E-state index contributed by atoms with van der Waals surface area (Å²) in [6, 6.07) is 8.47. The maximum atomic E-state index is 12.2. The van der Waals surface area contributed by atoms with Gasteiger partial charge in [-0.05, 0) is 30.3 Å². The summed E-state index contributed by atoms with van der Waals surface area (Å²) in [6.45, 7) is 0. The molecule has 2 aromatic carbocycles. The van der Waals surface area contributed by atoms with Gasteiger partial charge in [0.25, 0.3) is 5.69 Å². The van der Waals surface area contributed by atoms with Gasteiger partial charge in [0.05, 0.1) is 22.3 Å². The van der Waals surface area contributed by atoms with Crippen molar-refractivity contribution in [2.24, 2.45) is 5.10 Å². The van der Waals surface area contributed by atoms with Gasteiger partial charge in [0.2, 0.25) is 0 Å². The lowest BCUT2D eigenvalue weighted by Crippen LogP contribution is -2.19. The molecule has 0 radical (unpaired) electrons. The molecule has 0 bridgehead atoms. The van der Waals surface area contributed by atoms with Gasteiger partial charge in [0.15, 0.2) is 11.5 Å². The normalized spacial score (nSPS) is 11.0. The van der Waals surface area contributed by atoms with E-state index in [2.05, 4.69) is 10.5 Å². The molecule has 0 heterocycles. The van der Waals surface area contributed by atoms with Crippen LogP contribution in [-0.2, 0) is 4.79 Å². The molecule has 0 amide bonds. The number of halogens is 1. The third kappa shape index (κ3) is 5.08. The molecule has 11 nitrogen and oxygen atoms in total. The standard InChI is InChI=1S/C16H11ClN4O7/c17-10-3-1-9(2-4-10)15(22)8-13(16(23)24)19-18-12-6-5-11(20(25)26)7-14(12)21(27)28/h1-7,18H,8H2,(H,23,24). The Morgan fingerprint density at radius 3 is 2.25 bits per heavy atom. The number of nitrogens with zero attached hydrogens (tertiary/aromatic N) is 3. The molecule has 12 heteroatoms. The summed E-state index contributed by atoms with van der Waals surface area (Å²) in [5.74, 6) is -2.07. The number of nitro benzene ring substituents is 2. The third-order valence-electron chi connectivity index (χ3n) is 3.44. The highest BCUT2D eigenvalue weighted by atomic mass is 35.5. The van der Waals surface area contributed by atoms with E-state index in [9.17, 15) is 34.9 Å². The highest BCUT2D eigenvalue weighted by molar-refractivity contribution is 6.40. The van der Waals surface area contributed by atoms with Crippen LogP contribution in [0.25, 0.3) is 0 Å². The van der Waals surface area contributed by atoms with Gasteiger partial charge in [-0.25, -0.2) is 4.79 Å². The number of rotatable bonds is 8. The summed E-state index contributed by atoms with van der Waals surface area (Å²) >= 11 is 5.72. The summed E-state index contributed by atoms with van der Waals surface area (Å²) in [5, 5.41) is 35.0. The zero-order valence-electron chi connectivity index (χ0n) is 13.9. The Morgan fingerprint density at radius 1 is 1.07 bits per heavy atom. The fourth-order valence-corrected chi connectivity index (χ4v) is 2.19. The van der Waals surface area contributed by atoms with E-state index in [0.29, 0.717) is 11.1 Å². The highest BCUT2D eigenvalue weighted by Crippen LogP contribution is 2.29. The quantitative estimate of drug-likeness (QED) is 0.291. The largest absolute Gasteiger partial charge is 0.477 e. The average Bonchev–Trinajstić information content (AvgIpc) is 2.64. The number of hydrogen-bond donors (Lipinski definition) is 2. The van der Waals surface area contributed by atoms with Crippen LogP contribution >= 0.6 is 11.6 Å². The Morgan fingerprint density at radius 2 is 1.71 bits per heavy atom. The van der Waals surface area contributed by atoms with Crippen LogP contribution in [0.4, 0.5) is 17.1 Å². The van der Waals surface area contributed by atoms with E-state index < -0.39 is 45.1 Å². The van der Waals surface area contributed by atoms with Crippen molar-refractivity contribution in [2.75, 3.05) is 5.43 Å². The topological polar surface area (TPSA) is 165 Å². The molecule has 0 aliphatic heterocycles. The van der Waals surface area contributed by atoms with Gasteiger partial charge >= 0.3 is 11.7 Å². The molecular weight excluding hydrogens is 396 g/mol. The second-order valence-electron chi connectivity index (χ2n) is 5.30. The van der Waals surface area contributed by atoms with Crippen molar-refractivity contribution in [3.05, 3.63) is 73.3 Å².